The summed E-state index contributed by atoms with van der Waals surface area (Å²) in [6.45, 7) is 6.94. The zero-order valence-electron chi connectivity index (χ0n) is 9.10. The molecule has 0 aliphatic rings. The van der Waals surface area contributed by atoms with Crippen molar-refractivity contribution in [1.29, 1.82) is 0 Å². The summed E-state index contributed by atoms with van der Waals surface area (Å²) in [5, 5.41) is 12.1. The lowest BCUT2D eigenvalue weighted by molar-refractivity contribution is 0.237. The van der Waals surface area contributed by atoms with Crippen molar-refractivity contribution in [2.75, 3.05) is 31.7 Å². The SMILES string of the molecule is CSCCNCC(C)(C)CCCO. The zero-order valence-corrected chi connectivity index (χ0v) is 9.91. The average molecular weight is 205 g/mol. The minimum atomic E-state index is 0.314. The summed E-state index contributed by atoms with van der Waals surface area (Å²) in [5.74, 6) is 1.18. The molecule has 80 valence electrons. The van der Waals surface area contributed by atoms with Crippen LogP contribution < -0.4 is 5.32 Å². The molecule has 0 amide bonds. The molecule has 13 heavy (non-hydrogen) atoms. The molecular weight excluding hydrogens is 182 g/mol. The van der Waals surface area contributed by atoms with Gasteiger partial charge in [0.15, 0.2) is 0 Å². The first-order chi connectivity index (χ1) is 6.12. The molecule has 0 bridgehead atoms. The first kappa shape index (κ1) is 13.3. The van der Waals surface area contributed by atoms with Gasteiger partial charge >= 0.3 is 0 Å². The molecule has 0 spiro atoms. The molecule has 0 saturated heterocycles. The summed E-state index contributed by atoms with van der Waals surface area (Å²) < 4.78 is 0. The first-order valence-corrected chi connectivity index (χ1v) is 6.32. The third kappa shape index (κ3) is 8.60. The molecule has 0 radical (unpaired) electrons. The van der Waals surface area contributed by atoms with Gasteiger partial charge in [-0.05, 0) is 24.5 Å². The van der Waals surface area contributed by atoms with Gasteiger partial charge in [-0.1, -0.05) is 13.8 Å². The summed E-state index contributed by atoms with van der Waals surface area (Å²) >= 11 is 1.87. The van der Waals surface area contributed by atoms with Crippen LogP contribution in [0.1, 0.15) is 26.7 Å². The molecule has 0 aromatic heterocycles. The molecule has 2 N–H and O–H groups in total. The Hall–Kier alpha value is 0.270. The van der Waals surface area contributed by atoms with Gasteiger partial charge in [0.25, 0.3) is 0 Å². The average Bonchev–Trinajstić information content (AvgIpc) is 2.09. The maximum absolute atomic E-state index is 8.72. The number of hydrogen-bond donors (Lipinski definition) is 2. The van der Waals surface area contributed by atoms with Crippen LogP contribution in [0.15, 0.2) is 0 Å². The highest BCUT2D eigenvalue weighted by molar-refractivity contribution is 7.98. The van der Waals surface area contributed by atoms with Gasteiger partial charge in [0.1, 0.15) is 0 Å². The van der Waals surface area contributed by atoms with E-state index in [0.29, 0.717) is 12.0 Å². The van der Waals surface area contributed by atoms with Gasteiger partial charge in [0, 0.05) is 25.4 Å². The van der Waals surface area contributed by atoms with E-state index < -0.39 is 0 Å². The van der Waals surface area contributed by atoms with Crippen LogP contribution in [0.3, 0.4) is 0 Å². The van der Waals surface area contributed by atoms with Gasteiger partial charge in [-0.15, -0.1) is 0 Å². The lowest BCUT2D eigenvalue weighted by Crippen LogP contribution is -2.31. The Morgan fingerprint density at radius 3 is 2.62 bits per heavy atom. The number of rotatable bonds is 8. The third-order valence-electron chi connectivity index (χ3n) is 2.10. The Morgan fingerprint density at radius 1 is 1.38 bits per heavy atom. The zero-order chi connectivity index (χ0) is 10.2. The maximum atomic E-state index is 8.72. The van der Waals surface area contributed by atoms with Crippen molar-refractivity contribution in [3.8, 4) is 0 Å². The fourth-order valence-corrected chi connectivity index (χ4v) is 1.60. The standard InChI is InChI=1S/C10H23NOS/c1-10(2,5-4-7-12)9-11-6-8-13-3/h11-12H,4-9H2,1-3H3. The molecule has 0 fully saturated rings. The lowest BCUT2D eigenvalue weighted by atomic mass is 9.88. The van der Waals surface area contributed by atoms with Gasteiger partial charge in [0.2, 0.25) is 0 Å². The molecule has 0 unspecified atom stereocenters. The molecule has 3 heteroatoms. The normalized spacial score (nSPS) is 12.0. The van der Waals surface area contributed by atoms with Crippen molar-refractivity contribution < 1.29 is 5.11 Å². The molecule has 2 nitrogen and oxygen atoms in total. The molecule has 0 atom stereocenters. The Balaban J connectivity index is 3.39. The maximum Gasteiger partial charge on any atom is 0.0431 e. The predicted molar refractivity (Wildman–Crippen MR) is 61.4 cm³/mol. The van der Waals surface area contributed by atoms with Crippen LogP contribution in [0.2, 0.25) is 0 Å². The smallest absolute Gasteiger partial charge is 0.0431 e. The number of aliphatic hydroxyl groups is 1. The highest BCUT2D eigenvalue weighted by atomic mass is 32.2. The Kier molecular flexibility index (Phi) is 7.81. The number of aliphatic hydroxyl groups excluding tert-OH is 1. The van der Waals surface area contributed by atoms with Crippen LogP contribution in [-0.2, 0) is 0 Å². The second kappa shape index (κ2) is 7.65. The lowest BCUT2D eigenvalue weighted by Gasteiger charge is -2.24. The van der Waals surface area contributed by atoms with Gasteiger partial charge in [-0.2, -0.15) is 11.8 Å². The van der Waals surface area contributed by atoms with E-state index in [1.165, 1.54) is 5.75 Å². The van der Waals surface area contributed by atoms with Crippen LogP contribution >= 0.6 is 11.8 Å². The molecule has 0 heterocycles. The Labute approximate surface area is 86.5 Å². The van der Waals surface area contributed by atoms with E-state index >= 15 is 0 Å². The predicted octanol–water partition coefficient (Wildman–Crippen LogP) is 1.74. The highest BCUT2D eigenvalue weighted by Gasteiger charge is 2.15. The minimum Gasteiger partial charge on any atom is -0.396 e. The molecule has 0 aliphatic carbocycles. The van der Waals surface area contributed by atoms with Crippen LogP contribution in [-0.4, -0.2) is 36.8 Å². The highest BCUT2D eigenvalue weighted by Crippen LogP contribution is 2.20. The Bertz CT molecular complexity index is 117. The molecule has 0 aromatic rings. The summed E-state index contributed by atoms with van der Waals surface area (Å²) in [5.41, 5.74) is 0.321. The fraction of sp³-hybridized carbons (Fsp3) is 1.00. The summed E-state index contributed by atoms with van der Waals surface area (Å²) in [6.07, 6.45) is 4.13. The fourth-order valence-electron chi connectivity index (χ4n) is 1.25. The van der Waals surface area contributed by atoms with Gasteiger partial charge in [-0.3, -0.25) is 0 Å². The van der Waals surface area contributed by atoms with Crippen LogP contribution in [0.4, 0.5) is 0 Å². The van der Waals surface area contributed by atoms with Crippen molar-refractivity contribution in [3.63, 3.8) is 0 Å². The van der Waals surface area contributed by atoms with Crippen molar-refractivity contribution in [2.45, 2.75) is 26.7 Å². The quantitative estimate of drug-likeness (QED) is 0.592. The summed E-state index contributed by atoms with van der Waals surface area (Å²) in [7, 11) is 0. The van der Waals surface area contributed by atoms with E-state index in [2.05, 4.69) is 25.4 Å². The van der Waals surface area contributed by atoms with Crippen LogP contribution in [0.25, 0.3) is 0 Å². The number of nitrogens with one attached hydrogen (secondary N) is 1. The van der Waals surface area contributed by atoms with E-state index in [4.69, 9.17) is 5.11 Å². The van der Waals surface area contributed by atoms with Gasteiger partial charge in [0.05, 0.1) is 0 Å². The van der Waals surface area contributed by atoms with Crippen molar-refractivity contribution in [3.05, 3.63) is 0 Å². The van der Waals surface area contributed by atoms with Crippen LogP contribution in [0.5, 0.6) is 0 Å². The van der Waals surface area contributed by atoms with Crippen molar-refractivity contribution in [1.82, 2.24) is 5.32 Å². The second-order valence-corrected chi connectivity index (χ2v) is 5.15. The van der Waals surface area contributed by atoms with E-state index in [1.54, 1.807) is 0 Å². The summed E-state index contributed by atoms with van der Waals surface area (Å²) in [4.78, 5) is 0. The van der Waals surface area contributed by atoms with Gasteiger partial charge < -0.3 is 10.4 Å². The largest absolute Gasteiger partial charge is 0.396 e. The second-order valence-electron chi connectivity index (χ2n) is 4.16. The van der Waals surface area contributed by atoms with E-state index in [-0.39, 0.29) is 0 Å². The number of thioether (sulfide) groups is 1. The monoisotopic (exact) mass is 205 g/mol. The molecule has 0 aromatic carbocycles. The molecule has 0 rings (SSSR count). The molecule has 0 saturated carbocycles. The first-order valence-electron chi connectivity index (χ1n) is 4.93. The molecular formula is C10H23NOS. The molecule has 0 aliphatic heterocycles. The Morgan fingerprint density at radius 2 is 2.08 bits per heavy atom. The van der Waals surface area contributed by atoms with E-state index in [9.17, 15) is 0 Å². The summed E-state index contributed by atoms with van der Waals surface area (Å²) in [6, 6.07) is 0. The van der Waals surface area contributed by atoms with Crippen molar-refractivity contribution in [2.24, 2.45) is 5.41 Å². The topological polar surface area (TPSA) is 32.3 Å². The number of hydrogen-bond acceptors (Lipinski definition) is 3. The van der Waals surface area contributed by atoms with E-state index in [0.717, 1.165) is 25.9 Å². The van der Waals surface area contributed by atoms with Gasteiger partial charge in [-0.25, -0.2) is 0 Å². The van der Waals surface area contributed by atoms with Crippen LogP contribution in [0, 0.1) is 5.41 Å². The van der Waals surface area contributed by atoms with E-state index in [1.807, 2.05) is 11.8 Å². The van der Waals surface area contributed by atoms with Crippen molar-refractivity contribution >= 4 is 11.8 Å². The minimum absolute atomic E-state index is 0.314. The third-order valence-corrected chi connectivity index (χ3v) is 2.71.